The van der Waals surface area contributed by atoms with Crippen LogP contribution in [0.5, 0.6) is 11.5 Å². The molecule has 0 saturated heterocycles. The molecule has 0 aliphatic carbocycles. The molecule has 162 valence electrons. The number of ether oxygens (including phenoxy) is 2. The lowest BCUT2D eigenvalue weighted by Gasteiger charge is -2.32. The molecule has 31 heavy (non-hydrogen) atoms. The van der Waals surface area contributed by atoms with Gasteiger partial charge in [-0.15, -0.1) is 0 Å². The SMILES string of the molecule is COc1ccc(C2CC(C(F)F)n3nc(-c4ccccc4)cc3N2)cc1OC.O=C=O. The molecule has 2 heterocycles. The first-order valence-corrected chi connectivity index (χ1v) is 9.43. The predicted octanol–water partition coefficient (Wildman–Crippen LogP) is 4.35. The Morgan fingerprint density at radius 2 is 1.74 bits per heavy atom. The first-order valence-electron chi connectivity index (χ1n) is 9.43. The molecule has 0 radical (unpaired) electrons. The van der Waals surface area contributed by atoms with E-state index in [1.165, 1.54) is 4.68 Å². The van der Waals surface area contributed by atoms with E-state index in [4.69, 9.17) is 19.1 Å². The van der Waals surface area contributed by atoms with Crippen molar-refractivity contribution in [1.29, 1.82) is 0 Å². The molecule has 2 atom stereocenters. The number of benzene rings is 2. The van der Waals surface area contributed by atoms with Gasteiger partial charge >= 0.3 is 6.15 Å². The monoisotopic (exact) mass is 429 g/mol. The van der Waals surface area contributed by atoms with Crippen molar-refractivity contribution in [1.82, 2.24) is 9.78 Å². The summed E-state index contributed by atoms with van der Waals surface area (Å²) in [6.45, 7) is 0. The third-order valence-corrected chi connectivity index (χ3v) is 5.02. The Morgan fingerprint density at radius 1 is 1.06 bits per heavy atom. The highest BCUT2D eigenvalue weighted by Crippen LogP contribution is 2.41. The van der Waals surface area contributed by atoms with Gasteiger partial charge in [-0.05, 0) is 24.1 Å². The number of hydrogen-bond donors (Lipinski definition) is 1. The van der Waals surface area contributed by atoms with E-state index in [1.54, 1.807) is 20.3 Å². The van der Waals surface area contributed by atoms with Crippen molar-refractivity contribution in [2.24, 2.45) is 0 Å². The Balaban J connectivity index is 0.000000858. The Kier molecular flexibility index (Phi) is 6.99. The smallest absolute Gasteiger partial charge is 0.373 e. The average Bonchev–Trinajstić information content (AvgIpc) is 3.23. The van der Waals surface area contributed by atoms with Crippen LogP contribution in [0.25, 0.3) is 11.3 Å². The van der Waals surface area contributed by atoms with Crippen molar-refractivity contribution in [2.45, 2.75) is 24.9 Å². The Labute approximate surface area is 177 Å². The highest BCUT2D eigenvalue weighted by molar-refractivity contribution is 5.64. The molecule has 2 aromatic carbocycles. The van der Waals surface area contributed by atoms with Gasteiger partial charge in [0.1, 0.15) is 11.9 Å². The van der Waals surface area contributed by atoms with Gasteiger partial charge in [0.05, 0.1) is 26.0 Å². The fourth-order valence-corrected chi connectivity index (χ4v) is 3.58. The summed E-state index contributed by atoms with van der Waals surface area (Å²) in [5.74, 6) is 1.75. The maximum atomic E-state index is 13.8. The summed E-state index contributed by atoms with van der Waals surface area (Å²) in [5.41, 5.74) is 2.42. The molecule has 1 aliphatic rings. The van der Waals surface area contributed by atoms with Gasteiger partial charge in [0.2, 0.25) is 0 Å². The van der Waals surface area contributed by atoms with Crippen LogP contribution in [-0.2, 0) is 9.59 Å². The number of hydrogen-bond acceptors (Lipinski definition) is 6. The second-order valence-electron chi connectivity index (χ2n) is 6.76. The Morgan fingerprint density at radius 3 is 2.35 bits per heavy atom. The van der Waals surface area contributed by atoms with Crippen LogP contribution in [0.1, 0.15) is 24.1 Å². The van der Waals surface area contributed by atoms with Gasteiger partial charge in [-0.25, -0.2) is 13.5 Å². The average molecular weight is 429 g/mol. The molecule has 3 aromatic rings. The summed E-state index contributed by atoms with van der Waals surface area (Å²) in [7, 11) is 3.12. The number of anilines is 1. The highest BCUT2D eigenvalue weighted by Gasteiger charge is 2.35. The van der Waals surface area contributed by atoms with E-state index in [-0.39, 0.29) is 18.6 Å². The molecule has 7 nitrogen and oxygen atoms in total. The molecule has 9 heteroatoms. The lowest BCUT2D eigenvalue weighted by Crippen LogP contribution is -2.30. The fraction of sp³-hybridized carbons (Fsp3) is 0.273. The molecule has 1 aromatic heterocycles. The quantitative estimate of drug-likeness (QED) is 0.650. The number of fused-ring (bicyclic) bond motifs is 1. The molecule has 0 fully saturated rings. The van der Waals surface area contributed by atoms with Crippen molar-refractivity contribution in [3.05, 3.63) is 60.2 Å². The van der Waals surface area contributed by atoms with Crippen LogP contribution in [0.15, 0.2) is 54.6 Å². The Hall–Kier alpha value is -3.71. The number of alkyl halides is 2. The maximum absolute atomic E-state index is 13.8. The molecule has 2 unspecified atom stereocenters. The molecule has 4 rings (SSSR count). The van der Waals surface area contributed by atoms with E-state index < -0.39 is 12.5 Å². The lowest BCUT2D eigenvalue weighted by atomic mass is 9.97. The summed E-state index contributed by atoms with van der Waals surface area (Å²) in [6.07, 6.45) is -2.05. The number of carbonyl (C=O) groups excluding carboxylic acids is 2. The zero-order valence-corrected chi connectivity index (χ0v) is 16.9. The zero-order valence-electron chi connectivity index (χ0n) is 16.9. The van der Waals surface area contributed by atoms with Crippen LogP contribution in [0.4, 0.5) is 14.6 Å². The van der Waals surface area contributed by atoms with Gasteiger partial charge in [-0.3, -0.25) is 0 Å². The number of methoxy groups -OCH3 is 2. The first kappa shape index (κ1) is 22.0. The summed E-state index contributed by atoms with van der Waals surface area (Å²) in [6, 6.07) is 15.5. The summed E-state index contributed by atoms with van der Waals surface area (Å²) >= 11 is 0. The van der Waals surface area contributed by atoms with Gasteiger partial charge in [0, 0.05) is 11.6 Å². The van der Waals surface area contributed by atoms with Crippen LogP contribution >= 0.6 is 0 Å². The van der Waals surface area contributed by atoms with Crippen molar-refractivity contribution in [2.75, 3.05) is 19.5 Å². The van der Waals surface area contributed by atoms with E-state index in [1.807, 2.05) is 48.5 Å². The molecular formula is C22H21F2N3O4. The molecule has 1 aliphatic heterocycles. The van der Waals surface area contributed by atoms with Crippen LogP contribution in [0, 0.1) is 0 Å². The number of halogens is 2. The summed E-state index contributed by atoms with van der Waals surface area (Å²) in [4.78, 5) is 16.2. The fourth-order valence-electron chi connectivity index (χ4n) is 3.58. The van der Waals surface area contributed by atoms with E-state index in [0.29, 0.717) is 23.0 Å². The number of nitrogens with one attached hydrogen (secondary N) is 1. The van der Waals surface area contributed by atoms with E-state index in [9.17, 15) is 8.78 Å². The third kappa shape index (κ3) is 4.73. The summed E-state index contributed by atoms with van der Waals surface area (Å²) in [5, 5.41) is 7.79. The zero-order chi connectivity index (χ0) is 22.4. The minimum atomic E-state index is -2.52. The third-order valence-electron chi connectivity index (χ3n) is 5.02. The van der Waals surface area contributed by atoms with Crippen LogP contribution in [0.2, 0.25) is 0 Å². The van der Waals surface area contributed by atoms with Crippen LogP contribution in [-0.4, -0.2) is 36.6 Å². The molecule has 1 N–H and O–H groups in total. The van der Waals surface area contributed by atoms with E-state index in [2.05, 4.69) is 10.4 Å². The predicted molar refractivity (Wildman–Crippen MR) is 108 cm³/mol. The second kappa shape index (κ2) is 9.86. The summed E-state index contributed by atoms with van der Waals surface area (Å²) < 4.78 is 39.7. The van der Waals surface area contributed by atoms with E-state index in [0.717, 1.165) is 11.1 Å². The lowest BCUT2D eigenvalue weighted by molar-refractivity contribution is -0.191. The molecule has 0 saturated carbocycles. The number of rotatable bonds is 5. The van der Waals surface area contributed by atoms with Crippen molar-refractivity contribution < 1.29 is 27.8 Å². The molecule has 0 bridgehead atoms. The van der Waals surface area contributed by atoms with Gasteiger partial charge in [0.15, 0.2) is 11.5 Å². The van der Waals surface area contributed by atoms with Crippen molar-refractivity contribution in [3.63, 3.8) is 0 Å². The van der Waals surface area contributed by atoms with Crippen LogP contribution < -0.4 is 14.8 Å². The van der Waals surface area contributed by atoms with Gasteiger partial charge in [-0.1, -0.05) is 36.4 Å². The highest BCUT2D eigenvalue weighted by atomic mass is 19.3. The van der Waals surface area contributed by atoms with E-state index >= 15 is 0 Å². The number of nitrogens with zero attached hydrogens (tertiary/aromatic N) is 2. The minimum absolute atomic E-state index is 0.218. The molecule has 0 amide bonds. The molecular weight excluding hydrogens is 408 g/mol. The first-order chi connectivity index (χ1) is 15.0. The normalized spacial score (nSPS) is 16.9. The molecule has 0 spiro atoms. The van der Waals surface area contributed by atoms with Crippen LogP contribution in [0.3, 0.4) is 0 Å². The minimum Gasteiger partial charge on any atom is -0.493 e. The van der Waals surface area contributed by atoms with Gasteiger partial charge < -0.3 is 14.8 Å². The second-order valence-corrected chi connectivity index (χ2v) is 6.76. The van der Waals surface area contributed by atoms with Crippen molar-refractivity contribution >= 4 is 12.0 Å². The number of aromatic nitrogens is 2. The Bertz CT molecular complexity index is 1050. The largest absolute Gasteiger partial charge is 0.493 e. The van der Waals surface area contributed by atoms with Crippen molar-refractivity contribution in [3.8, 4) is 22.8 Å². The standard InChI is InChI=1S/C21H21F2N3O2.CO2/c1-27-18-9-8-14(10-19(18)28-2)15-11-17(21(22)23)26-20(24-15)12-16(25-26)13-6-4-3-5-7-13;2-1-3/h3-10,12,15,17,21,24H,11H2,1-2H3;. The van der Waals surface area contributed by atoms with Gasteiger partial charge in [0.25, 0.3) is 6.43 Å². The maximum Gasteiger partial charge on any atom is 0.373 e. The van der Waals surface area contributed by atoms with Gasteiger partial charge in [-0.2, -0.15) is 14.7 Å². The topological polar surface area (TPSA) is 82.4 Å².